The number of amides is 1. The number of benzene rings is 1. The first-order chi connectivity index (χ1) is 9.70. The summed E-state index contributed by atoms with van der Waals surface area (Å²) >= 11 is 0. The molecule has 2 rings (SSSR count). The minimum atomic E-state index is -0.155. The second-order valence-electron chi connectivity index (χ2n) is 4.30. The third kappa shape index (κ3) is 3.50. The van der Waals surface area contributed by atoms with Gasteiger partial charge in [0.1, 0.15) is 5.76 Å². The summed E-state index contributed by atoms with van der Waals surface area (Å²) < 4.78 is 5.16. The van der Waals surface area contributed by atoms with Crippen LogP contribution in [-0.4, -0.2) is 12.5 Å². The summed E-state index contributed by atoms with van der Waals surface area (Å²) in [6.07, 6.45) is 1.58. The van der Waals surface area contributed by atoms with E-state index in [-0.39, 0.29) is 5.91 Å². The Morgan fingerprint density at radius 1 is 1.40 bits per heavy atom. The van der Waals surface area contributed by atoms with E-state index in [2.05, 4.69) is 17.2 Å². The lowest BCUT2D eigenvalue weighted by Crippen LogP contribution is -2.22. The highest BCUT2D eigenvalue weighted by Crippen LogP contribution is 2.10. The molecule has 4 nitrogen and oxygen atoms in total. The number of hydrogen-bond donors (Lipinski definition) is 2. The Balaban J connectivity index is 2.09. The van der Waals surface area contributed by atoms with Gasteiger partial charge in [-0.05, 0) is 36.8 Å². The standard InChI is InChI=1S/C16H16N2O2/c1-12-6-7-14(10-13(12)4-2-8-17)16(19)18-11-15-5-3-9-20-15/h3,5-7,9-10H,8,11,17H2,1H3,(H,18,19). The fourth-order valence-corrected chi connectivity index (χ4v) is 1.73. The predicted molar refractivity (Wildman–Crippen MR) is 77.0 cm³/mol. The van der Waals surface area contributed by atoms with Gasteiger partial charge in [-0.25, -0.2) is 0 Å². The largest absolute Gasteiger partial charge is 0.467 e. The lowest BCUT2D eigenvalue weighted by Gasteiger charge is -2.05. The maximum absolute atomic E-state index is 12.1. The van der Waals surface area contributed by atoms with Crippen molar-refractivity contribution in [1.29, 1.82) is 0 Å². The fourth-order valence-electron chi connectivity index (χ4n) is 1.73. The van der Waals surface area contributed by atoms with Gasteiger partial charge in [-0.1, -0.05) is 17.9 Å². The first kappa shape index (κ1) is 13.9. The van der Waals surface area contributed by atoms with Gasteiger partial charge in [0.25, 0.3) is 5.91 Å². The summed E-state index contributed by atoms with van der Waals surface area (Å²) in [5.41, 5.74) is 7.78. The molecule has 2 aromatic rings. The van der Waals surface area contributed by atoms with Gasteiger partial charge in [0.05, 0.1) is 19.4 Å². The molecule has 0 fully saturated rings. The number of nitrogens with two attached hydrogens (primary N) is 1. The molecular formula is C16H16N2O2. The summed E-state index contributed by atoms with van der Waals surface area (Å²) in [6.45, 7) is 2.61. The lowest BCUT2D eigenvalue weighted by molar-refractivity contribution is 0.0948. The van der Waals surface area contributed by atoms with Gasteiger partial charge in [0.15, 0.2) is 0 Å². The first-order valence-corrected chi connectivity index (χ1v) is 6.31. The van der Waals surface area contributed by atoms with Crippen LogP contribution in [-0.2, 0) is 6.54 Å². The number of aryl methyl sites for hydroxylation is 1. The normalized spacial score (nSPS) is 9.70. The van der Waals surface area contributed by atoms with Crippen molar-refractivity contribution in [2.45, 2.75) is 13.5 Å². The number of rotatable bonds is 3. The molecule has 1 aromatic carbocycles. The molecule has 0 aliphatic rings. The molecule has 20 heavy (non-hydrogen) atoms. The van der Waals surface area contributed by atoms with Crippen LogP contribution in [0.15, 0.2) is 41.0 Å². The number of carbonyl (C=O) groups is 1. The number of nitrogens with one attached hydrogen (secondary N) is 1. The van der Waals surface area contributed by atoms with Crippen molar-refractivity contribution in [1.82, 2.24) is 5.32 Å². The molecule has 4 heteroatoms. The molecule has 0 saturated heterocycles. The first-order valence-electron chi connectivity index (χ1n) is 6.31. The number of hydrogen-bond acceptors (Lipinski definition) is 3. The van der Waals surface area contributed by atoms with E-state index in [0.717, 1.165) is 11.1 Å². The zero-order valence-electron chi connectivity index (χ0n) is 11.3. The molecular weight excluding hydrogens is 252 g/mol. The van der Waals surface area contributed by atoms with Gasteiger partial charge in [0, 0.05) is 11.1 Å². The van der Waals surface area contributed by atoms with E-state index >= 15 is 0 Å². The zero-order valence-corrected chi connectivity index (χ0v) is 11.3. The Labute approximate surface area is 118 Å². The van der Waals surface area contributed by atoms with Crippen LogP contribution in [0.4, 0.5) is 0 Å². The van der Waals surface area contributed by atoms with Gasteiger partial charge in [-0.2, -0.15) is 0 Å². The second-order valence-corrected chi connectivity index (χ2v) is 4.30. The molecule has 0 aliphatic heterocycles. The van der Waals surface area contributed by atoms with Crippen LogP contribution in [0.1, 0.15) is 27.2 Å². The van der Waals surface area contributed by atoms with Gasteiger partial charge in [0.2, 0.25) is 0 Å². The van der Waals surface area contributed by atoms with Crippen LogP contribution in [0, 0.1) is 18.8 Å². The summed E-state index contributed by atoms with van der Waals surface area (Å²) in [7, 11) is 0. The van der Waals surface area contributed by atoms with E-state index in [4.69, 9.17) is 10.2 Å². The van der Waals surface area contributed by atoms with Crippen LogP contribution in [0.5, 0.6) is 0 Å². The van der Waals surface area contributed by atoms with Crippen molar-refractivity contribution in [2.75, 3.05) is 6.54 Å². The summed E-state index contributed by atoms with van der Waals surface area (Å²) in [6, 6.07) is 9.03. The van der Waals surface area contributed by atoms with E-state index in [9.17, 15) is 4.79 Å². The molecule has 1 amide bonds. The molecule has 0 saturated carbocycles. The van der Waals surface area contributed by atoms with Crippen LogP contribution in [0.3, 0.4) is 0 Å². The average molecular weight is 268 g/mol. The van der Waals surface area contributed by atoms with Crippen molar-refractivity contribution in [3.05, 3.63) is 59.0 Å². The molecule has 0 atom stereocenters. The van der Waals surface area contributed by atoms with Gasteiger partial charge in [-0.3, -0.25) is 4.79 Å². The number of carbonyl (C=O) groups excluding carboxylic acids is 1. The molecule has 0 unspecified atom stereocenters. The van der Waals surface area contributed by atoms with Crippen LogP contribution in [0.2, 0.25) is 0 Å². The summed E-state index contributed by atoms with van der Waals surface area (Å²) in [4.78, 5) is 12.1. The average Bonchev–Trinajstić information content (AvgIpc) is 2.97. The Morgan fingerprint density at radius 2 is 2.25 bits per heavy atom. The molecule has 0 aliphatic carbocycles. The van der Waals surface area contributed by atoms with Crippen molar-refractivity contribution in [3.8, 4) is 11.8 Å². The smallest absolute Gasteiger partial charge is 0.251 e. The van der Waals surface area contributed by atoms with Crippen molar-refractivity contribution >= 4 is 5.91 Å². The second kappa shape index (κ2) is 6.60. The lowest BCUT2D eigenvalue weighted by atomic mass is 10.0. The zero-order chi connectivity index (χ0) is 14.4. The predicted octanol–water partition coefficient (Wildman–Crippen LogP) is 1.83. The van der Waals surface area contributed by atoms with Crippen LogP contribution in [0.25, 0.3) is 0 Å². The quantitative estimate of drug-likeness (QED) is 0.834. The molecule has 0 bridgehead atoms. The Kier molecular flexibility index (Phi) is 4.59. The molecule has 3 N–H and O–H groups in total. The van der Waals surface area contributed by atoms with E-state index < -0.39 is 0 Å². The van der Waals surface area contributed by atoms with Crippen molar-refractivity contribution in [3.63, 3.8) is 0 Å². The summed E-state index contributed by atoms with van der Waals surface area (Å²) in [5, 5.41) is 2.80. The highest BCUT2D eigenvalue weighted by molar-refractivity contribution is 5.94. The molecule has 1 heterocycles. The van der Waals surface area contributed by atoms with Gasteiger partial charge in [-0.15, -0.1) is 0 Å². The van der Waals surface area contributed by atoms with Gasteiger partial charge < -0.3 is 15.5 Å². The van der Waals surface area contributed by atoms with E-state index in [1.54, 1.807) is 24.5 Å². The van der Waals surface area contributed by atoms with Crippen LogP contribution >= 0.6 is 0 Å². The maximum Gasteiger partial charge on any atom is 0.251 e. The maximum atomic E-state index is 12.1. The van der Waals surface area contributed by atoms with E-state index in [0.29, 0.717) is 24.4 Å². The Hall–Kier alpha value is -2.51. The minimum absolute atomic E-state index is 0.155. The van der Waals surface area contributed by atoms with Gasteiger partial charge >= 0.3 is 0 Å². The summed E-state index contributed by atoms with van der Waals surface area (Å²) in [5.74, 6) is 6.32. The molecule has 0 radical (unpaired) electrons. The number of furan rings is 1. The Morgan fingerprint density at radius 3 is 2.95 bits per heavy atom. The molecule has 102 valence electrons. The highest BCUT2D eigenvalue weighted by atomic mass is 16.3. The Bertz CT molecular complexity index is 649. The van der Waals surface area contributed by atoms with Crippen molar-refractivity contribution < 1.29 is 9.21 Å². The van der Waals surface area contributed by atoms with E-state index in [1.807, 2.05) is 19.1 Å². The van der Waals surface area contributed by atoms with E-state index in [1.165, 1.54) is 0 Å². The minimum Gasteiger partial charge on any atom is -0.467 e. The SMILES string of the molecule is Cc1ccc(C(=O)NCc2ccco2)cc1C#CCN. The van der Waals surface area contributed by atoms with Crippen molar-refractivity contribution in [2.24, 2.45) is 5.73 Å². The third-order valence-corrected chi connectivity index (χ3v) is 2.83. The molecule has 0 spiro atoms. The monoisotopic (exact) mass is 268 g/mol. The third-order valence-electron chi connectivity index (χ3n) is 2.83. The fraction of sp³-hybridized carbons (Fsp3) is 0.188. The molecule has 1 aromatic heterocycles. The van der Waals surface area contributed by atoms with Crippen LogP contribution < -0.4 is 11.1 Å². The highest BCUT2D eigenvalue weighted by Gasteiger charge is 2.07. The topological polar surface area (TPSA) is 68.3 Å².